The molecule has 2 saturated carbocycles. The van der Waals surface area contributed by atoms with Gasteiger partial charge in [-0.2, -0.15) is 4.39 Å². The average Bonchev–Trinajstić information content (AvgIpc) is 3.83. The van der Waals surface area contributed by atoms with E-state index in [1.54, 1.807) is 0 Å². The molecular weight excluding hydrogens is 557 g/mol. The highest BCUT2D eigenvalue weighted by atomic mass is 79.9. The first kappa shape index (κ1) is 27.4. The first-order chi connectivity index (χ1) is 18.2. The van der Waals surface area contributed by atoms with Crippen LogP contribution in [0.25, 0.3) is 0 Å². The number of hydrogen-bond acceptors (Lipinski definition) is 6. The Bertz CT molecular complexity index is 1380. The Morgan fingerprint density at radius 1 is 0.895 bits per heavy atom. The molecule has 0 unspecified atom stereocenters. The molecule has 3 aromatic rings. The highest BCUT2D eigenvalue weighted by Crippen LogP contribution is 2.41. The number of ether oxygens (including phenoxy) is 2. The van der Waals surface area contributed by atoms with Crippen LogP contribution in [0, 0.1) is 15.9 Å². The standard InChI is InChI=1S/C18H16FNO4.C11H11BrO2/c1-24-18(21)15-10-13(12-3-4-12)5-6-14(15)8-11-2-7-16(19)17(9-11)20(22)23;1-14-11(13)9-6-8(7-2-3-7)4-5-10(9)12/h2,5-7,9-10,12H,3-4,8H2,1H3;4-7H,2-3H2,1H3. The summed E-state index contributed by atoms with van der Waals surface area (Å²) >= 11 is 3.34. The number of rotatable bonds is 7. The zero-order valence-electron chi connectivity index (χ0n) is 21.0. The van der Waals surface area contributed by atoms with Gasteiger partial charge in [-0.3, -0.25) is 10.1 Å². The number of benzene rings is 3. The van der Waals surface area contributed by atoms with E-state index in [1.165, 1.54) is 44.8 Å². The van der Waals surface area contributed by atoms with Crippen LogP contribution in [0.4, 0.5) is 10.1 Å². The van der Waals surface area contributed by atoms with Gasteiger partial charge in [0.25, 0.3) is 0 Å². The smallest absolute Gasteiger partial charge is 0.339 e. The summed E-state index contributed by atoms with van der Waals surface area (Å²) in [5, 5.41) is 10.9. The Morgan fingerprint density at radius 2 is 1.45 bits per heavy atom. The molecule has 0 heterocycles. The number of hydrogen-bond donors (Lipinski definition) is 0. The topological polar surface area (TPSA) is 95.7 Å². The zero-order valence-corrected chi connectivity index (χ0v) is 22.6. The molecule has 2 aliphatic carbocycles. The lowest BCUT2D eigenvalue weighted by molar-refractivity contribution is -0.387. The zero-order chi connectivity index (χ0) is 27.4. The van der Waals surface area contributed by atoms with E-state index in [0.29, 0.717) is 34.1 Å². The molecule has 198 valence electrons. The van der Waals surface area contributed by atoms with Gasteiger partial charge in [-0.15, -0.1) is 0 Å². The van der Waals surface area contributed by atoms with Gasteiger partial charge in [0, 0.05) is 10.5 Å². The van der Waals surface area contributed by atoms with E-state index < -0.39 is 22.4 Å². The molecule has 0 atom stereocenters. The summed E-state index contributed by atoms with van der Waals surface area (Å²) in [6.07, 6.45) is 5.00. The number of nitro benzene ring substituents is 1. The van der Waals surface area contributed by atoms with Crippen molar-refractivity contribution in [2.75, 3.05) is 14.2 Å². The lowest BCUT2D eigenvalue weighted by Crippen LogP contribution is -2.07. The van der Waals surface area contributed by atoms with Crippen LogP contribution in [0.15, 0.2) is 59.1 Å². The summed E-state index contributed by atoms with van der Waals surface area (Å²) in [5.41, 5.74) is 4.12. The second-order valence-electron chi connectivity index (χ2n) is 9.41. The summed E-state index contributed by atoms with van der Waals surface area (Å²) in [4.78, 5) is 33.5. The average molecular weight is 584 g/mol. The van der Waals surface area contributed by atoms with Crippen LogP contribution in [0.2, 0.25) is 0 Å². The summed E-state index contributed by atoms with van der Waals surface area (Å²) < 4.78 is 23.8. The Balaban J connectivity index is 0.000000204. The number of halogens is 2. The third kappa shape index (κ3) is 6.64. The van der Waals surface area contributed by atoms with Crippen LogP contribution in [-0.2, 0) is 15.9 Å². The van der Waals surface area contributed by atoms with E-state index in [1.807, 2.05) is 30.3 Å². The van der Waals surface area contributed by atoms with Gasteiger partial charge in [-0.05, 0) is 106 Å². The van der Waals surface area contributed by atoms with Crippen molar-refractivity contribution in [2.24, 2.45) is 0 Å². The van der Waals surface area contributed by atoms with Crippen LogP contribution < -0.4 is 0 Å². The normalized spacial score (nSPS) is 14.2. The van der Waals surface area contributed by atoms with Crippen molar-refractivity contribution in [3.05, 3.63) is 108 Å². The molecule has 0 amide bonds. The summed E-state index contributed by atoms with van der Waals surface area (Å²) in [5.74, 6) is -0.439. The van der Waals surface area contributed by atoms with E-state index >= 15 is 0 Å². The number of carbonyl (C=O) groups excluding carboxylic acids is 2. The SMILES string of the molecule is COC(=O)c1cc(C2CC2)ccc1Br.COC(=O)c1cc(C2CC2)ccc1Cc1ccc(F)c([N+](=O)[O-])c1. The van der Waals surface area contributed by atoms with Crippen LogP contribution in [0.1, 0.15) is 80.5 Å². The van der Waals surface area contributed by atoms with E-state index in [4.69, 9.17) is 9.47 Å². The first-order valence-electron chi connectivity index (χ1n) is 12.2. The minimum Gasteiger partial charge on any atom is -0.465 e. The van der Waals surface area contributed by atoms with Crippen molar-refractivity contribution >= 4 is 33.6 Å². The predicted molar refractivity (Wildman–Crippen MR) is 143 cm³/mol. The van der Waals surface area contributed by atoms with Crippen LogP contribution >= 0.6 is 15.9 Å². The van der Waals surface area contributed by atoms with Crippen molar-refractivity contribution in [2.45, 2.75) is 43.9 Å². The van der Waals surface area contributed by atoms with Gasteiger partial charge in [0.05, 0.1) is 30.3 Å². The lowest BCUT2D eigenvalue weighted by atomic mass is 9.96. The molecule has 3 aromatic carbocycles. The third-order valence-corrected chi connectivity index (χ3v) is 7.33. The summed E-state index contributed by atoms with van der Waals surface area (Å²) in [7, 11) is 2.72. The Hall–Kier alpha value is -3.59. The molecule has 0 radical (unpaired) electrons. The van der Waals surface area contributed by atoms with Crippen molar-refractivity contribution in [3.8, 4) is 0 Å². The van der Waals surface area contributed by atoms with E-state index in [9.17, 15) is 24.1 Å². The van der Waals surface area contributed by atoms with Gasteiger partial charge >= 0.3 is 17.6 Å². The number of esters is 2. The number of methoxy groups -OCH3 is 2. The molecular formula is C29H27BrFNO6. The molecule has 5 rings (SSSR count). The largest absolute Gasteiger partial charge is 0.465 e. The summed E-state index contributed by atoms with van der Waals surface area (Å²) in [6, 6.07) is 15.3. The fraction of sp³-hybridized carbons (Fsp3) is 0.310. The van der Waals surface area contributed by atoms with Crippen LogP contribution in [-0.4, -0.2) is 31.1 Å². The van der Waals surface area contributed by atoms with E-state index in [2.05, 4.69) is 22.0 Å². The Kier molecular flexibility index (Phi) is 8.56. The van der Waals surface area contributed by atoms with Crippen molar-refractivity contribution < 1.29 is 28.4 Å². The highest BCUT2D eigenvalue weighted by molar-refractivity contribution is 9.10. The molecule has 2 fully saturated rings. The van der Waals surface area contributed by atoms with Gasteiger partial charge in [0.1, 0.15) is 0 Å². The molecule has 0 N–H and O–H groups in total. The number of carbonyl (C=O) groups is 2. The minimum atomic E-state index is -0.874. The first-order valence-corrected chi connectivity index (χ1v) is 13.0. The van der Waals surface area contributed by atoms with E-state index in [0.717, 1.165) is 28.9 Å². The van der Waals surface area contributed by atoms with Crippen molar-refractivity contribution in [1.29, 1.82) is 0 Å². The van der Waals surface area contributed by atoms with Crippen molar-refractivity contribution in [3.63, 3.8) is 0 Å². The van der Waals surface area contributed by atoms with Crippen molar-refractivity contribution in [1.82, 2.24) is 0 Å². The maximum Gasteiger partial charge on any atom is 0.339 e. The molecule has 0 bridgehead atoms. The molecule has 7 nitrogen and oxygen atoms in total. The third-order valence-electron chi connectivity index (χ3n) is 6.63. The molecule has 0 aliphatic heterocycles. The second kappa shape index (κ2) is 11.9. The van der Waals surface area contributed by atoms with Gasteiger partial charge < -0.3 is 9.47 Å². The number of nitro groups is 1. The predicted octanol–water partition coefficient (Wildman–Crippen LogP) is 7.10. The molecule has 2 aliphatic rings. The van der Waals surface area contributed by atoms with Crippen LogP contribution in [0.3, 0.4) is 0 Å². The molecule has 9 heteroatoms. The van der Waals surface area contributed by atoms with E-state index in [-0.39, 0.29) is 12.4 Å². The van der Waals surface area contributed by atoms with Gasteiger partial charge in [0.2, 0.25) is 5.82 Å². The molecule has 0 spiro atoms. The highest BCUT2D eigenvalue weighted by Gasteiger charge is 2.26. The van der Waals surface area contributed by atoms with Gasteiger partial charge in [0.15, 0.2) is 0 Å². The molecule has 38 heavy (non-hydrogen) atoms. The number of nitrogens with zero attached hydrogens (tertiary/aromatic N) is 1. The molecule has 0 aromatic heterocycles. The monoisotopic (exact) mass is 583 g/mol. The quantitative estimate of drug-likeness (QED) is 0.167. The fourth-order valence-electron chi connectivity index (χ4n) is 4.23. The Labute approximate surface area is 228 Å². The van der Waals surface area contributed by atoms with Gasteiger partial charge in [-0.1, -0.05) is 24.3 Å². The lowest BCUT2D eigenvalue weighted by Gasteiger charge is -2.10. The maximum absolute atomic E-state index is 13.5. The fourth-order valence-corrected chi connectivity index (χ4v) is 4.64. The van der Waals surface area contributed by atoms with Gasteiger partial charge in [-0.25, -0.2) is 9.59 Å². The second-order valence-corrected chi connectivity index (χ2v) is 10.3. The Morgan fingerprint density at radius 3 is 2.00 bits per heavy atom. The maximum atomic E-state index is 13.5. The minimum absolute atomic E-state index is 0.278. The van der Waals surface area contributed by atoms with Crippen LogP contribution in [0.5, 0.6) is 0 Å². The molecule has 0 saturated heterocycles. The summed E-state index contributed by atoms with van der Waals surface area (Å²) in [6.45, 7) is 0.